The minimum absolute atomic E-state index is 0.262. The minimum atomic E-state index is -0.262. The molecule has 1 aliphatic heterocycles. The SMILES string of the molecule is O=C(Nc1cnc(N2CCCCCC2)nc1)c1ccccc1Cl. The first kappa shape index (κ1) is 15.7. The van der Waals surface area contributed by atoms with Gasteiger partial charge in [-0.2, -0.15) is 0 Å². The van der Waals surface area contributed by atoms with Gasteiger partial charge in [0.15, 0.2) is 0 Å². The highest BCUT2D eigenvalue weighted by Crippen LogP contribution is 2.18. The van der Waals surface area contributed by atoms with E-state index in [-0.39, 0.29) is 5.91 Å². The molecule has 1 aromatic heterocycles. The Bertz CT molecular complexity index is 667. The molecule has 1 fully saturated rings. The number of halogens is 1. The molecule has 3 rings (SSSR count). The molecule has 0 atom stereocenters. The van der Waals surface area contributed by atoms with E-state index in [2.05, 4.69) is 20.2 Å². The van der Waals surface area contributed by atoms with Gasteiger partial charge in [0.25, 0.3) is 5.91 Å². The number of hydrogen-bond donors (Lipinski definition) is 1. The number of aromatic nitrogens is 2. The fourth-order valence-corrected chi connectivity index (χ4v) is 2.89. The van der Waals surface area contributed by atoms with Crippen LogP contribution in [0, 0.1) is 0 Å². The van der Waals surface area contributed by atoms with Gasteiger partial charge in [0.05, 0.1) is 28.7 Å². The zero-order valence-corrected chi connectivity index (χ0v) is 13.6. The van der Waals surface area contributed by atoms with E-state index in [1.165, 1.54) is 25.7 Å². The molecule has 0 unspecified atom stereocenters. The Balaban J connectivity index is 1.67. The van der Waals surface area contributed by atoms with Gasteiger partial charge in [-0.1, -0.05) is 36.6 Å². The van der Waals surface area contributed by atoms with Crippen LogP contribution in [-0.2, 0) is 0 Å². The van der Waals surface area contributed by atoms with Crippen molar-refractivity contribution in [3.05, 3.63) is 47.2 Å². The quantitative estimate of drug-likeness (QED) is 0.930. The van der Waals surface area contributed by atoms with Crippen LogP contribution in [0.1, 0.15) is 36.0 Å². The Labute approximate surface area is 140 Å². The Morgan fingerprint density at radius 3 is 2.35 bits per heavy atom. The number of carbonyl (C=O) groups is 1. The second-order valence-corrected chi connectivity index (χ2v) is 6.01. The summed E-state index contributed by atoms with van der Waals surface area (Å²) in [5.41, 5.74) is 0.999. The van der Waals surface area contributed by atoms with Crippen LogP contribution in [0.3, 0.4) is 0 Å². The zero-order chi connectivity index (χ0) is 16.1. The van der Waals surface area contributed by atoms with Crippen LogP contribution >= 0.6 is 11.6 Å². The number of hydrogen-bond acceptors (Lipinski definition) is 4. The molecule has 23 heavy (non-hydrogen) atoms. The molecular weight excluding hydrogens is 312 g/mol. The Hall–Kier alpha value is -2.14. The van der Waals surface area contributed by atoms with Crippen LogP contribution in [-0.4, -0.2) is 29.0 Å². The van der Waals surface area contributed by atoms with Crippen LogP contribution in [0.15, 0.2) is 36.7 Å². The van der Waals surface area contributed by atoms with Crippen molar-refractivity contribution in [1.82, 2.24) is 9.97 Å². The predicted octanol–water partition coefficient (Wildman–Crippen LogP) is 3.76. The maximum atomic E-state index is 12.2. The molecular formula is C17H19ClN4O. The molecule has 6 heteroatoms. The molecule has 0 spiro atoms. The second kappa shape index (κ2) is 7.42. The number of nitrogens with zero attached hydrogens (tertiary/aromatic N) is 3. The highest BCUT2D eigenvalue weighted by Gasteiger charge is 2.13. The number of rotatable bonds is 3. The zero-order valence-electron chi connectivity index (χ0n) is 12.8. The van der Waals surface area contributed by atoms with E-state index < -0.39 is 0 Å². The monoisotopic (exact) mass is 330 g/mol. The third-order valence-electron chi connectivity index (χ3n) is 3.90. The van der Waals surface area contributed by atoms with Crippen LogP contribution in [0.25, 0.3) is 0 Å². The molecule has 1 aromatic carbocycles. The van der Waals surface area contributed by atoms with E-state index in [0.29, 0.717) is 16.3 Å². The lowest BCUT2D eigenvalue weighted by atomic mass is 10.2. The van der Waals surface area contributed by atoms with E-state index in [0.717, 1.165) is 19.0 Å². The molecule has 0 aliphatic carbocycles. The third-order valence-corrected chi connectivity index (χ3v) is 4.23. The van der Waals surface area contributed by atoms with Crippen LogP contribution in [0.4, 0.5) is 11.6 Å². The molecule has 0 saturated carbocycles. The normalized spacial score (nSPS) is 15.1. The Morgan fingerprint density at radius 2 is 1.70 bits per heavy atom. The van der Waals surface area contributed by atoms with E-state index in [1.807, 2.05) is 0 Å². The molecule has 2 heterocycles. The molecule has 0 radical (unpaired) electrons. The van der Waals surface area contributed by atoms with Gasteiger partial charge >= 0.3 is 0 Å². The van der Waals surface area contributed by atoms with Crippen LogP contribution in [0.2, 0.25) is 5.02 Å². The fourth-order valence-electron chi connectivity index (χ4n) is 2.66. The average molecular weight is 331 g/mol. The maximum Gasteiger partial charge on any atom is 0.257 e. The summed E-state index contributed by atoms with van der Waals surface area (Å²) in [6.45, 7) is 1.98. The van der Waals surface area contributed by atoms with Gasteiger partial charge in [-0.05, 0) is 25.0 Å². The second-order valence-electron chi connectivity index (χ2n) is 5.61. The van der Waals surface area contributed by atoms with Crippen LogP contribution in [0.5, 0.6) is 0 Å². The largest absolute Gasteiger partial charge is 0.341 e. The fraction of sp³-hybridized carbons (Fsp3) is 0.353. The summed E-state index contributed by atoms with van der Waals surface area (Å²) >= 11 is 6.03. The molecule has 5 nitrogen and oxygen atoms in total. The molecule has 1 amide bonds. The number of carbonyl (C=O) groups excluding carboxylic acids is 1. The highest BCUT2D eigenvalue weighted by atomic mass is 35.5. The van der Waals surface area contributed by atoms with Gasteiger partial charge in [0.2, 0.25) is 5.95 Å². The van der Waals surface area contributed by atoms with E-state index in [1.54, 1.807) is 36.7 Å². The summed E-state index contributed by atoms with van der Waals surface area (Å²) < 4.78 is 0. The molecule has 120 valence electrons. The first-order valence-electron chi connectivity index (χ1n) is 7.87. The molecule has 0 bridgehead atoms. The van der Waals surface area contributed by atoms with E-state index >= 15 is 0 Å². The highest BCUT2D eigenvalue weighted by molar-refractivity contribution is 6.34. The summed E-state index contributed by atoms with van der Waals surface area (Å²) in [4.78, 5) is 23.2. The summed E-state index contributed by atoms with van der Waals surface area (Å²) in [6.07, 6.45) is 8.16. The average Bonchev–Trinajstić information content (AvgIpc) is 2.85. The van der Waals surface area contributed by atoms with E-state index in [4.69, 9.17) is 11.6 Å². The number of benzene rings is 1. The van der Waals surface area contributed by atoms with Crippen molar-refractivity contribution in [3.63, 3.8) is 0 Å². The Kier molecular flexibility index (Phi) is 5.08. The third kappa shape index (κ3) is 3.99. The first-order chi connectivity index (χ1) is 11.2. The summed E-state index contributed by atoms with van der Waals surface area (Å²) in [5.74, 6) is 0.462. The van der Waals surface area contributed by atoms with Crippen molar-refractivity contribution in [2.24, 2.45) is 0 Å². The van der Waals surface area contributed by atoms with Crippen molar-refractivity contribution < 1.29 is 4.79 Å². The predicted molar refractivity (Wildman–Crippen MR) is 92.1 cm³/mol. The van der Waals surface area contributed by atoms with Crippen molar-refractivity contribution in [3.8, 4) is 0 Å². The van der Waals surface area contributed by atoms with Crippen molar-refractivity contribution in [1.29, 1.82) is 0 Å². The van der Waals surface area contributed by atoms with E-state index in [9.17, 15) is 4.79 Å². The Morgan fingerprint density at radius 1 is 1.04 bits per heavy atom. The lowest BCUT2D eigenvalue weighted by molar-refractivity contribution is 0.102. The smallest absolute Gasteiger partial charge is 0.257 e. The van der Waals surface area contributed by atoms with Crippen LogP contribution < -0.4 is 10.2 Å². The maximum absolute atomic E-state index is 12.2. The molecule has 1 N–H and O–H groups in total. The minimum Gasteiger partial charge on any atom is -0.341 e. The van der Waals surface area contributed by atoms with Gasteiger partial charge in [0, 0.05) is 13.1 Å². The standard InChI is InChI=1S/C17H19ClN4O/c18-15-8-4-3-7-14(15)16(23)21-13-11-19-17(20-12-13)22-9-5-1-2-6-10-22/h3-4,7-8,11-12H,1-2,5-6,9-10H2,(H,21,23). The van der Waals surface area contributed by atoms with Crippen molar-refractivity contribution in [2.45, 2.75) is 25.7 Å². The van der Waals surface area contributed by atoms with Gasteiger partial charge in [-0.3, -0.25) is 4.79 Å². The van der Waals surface area contributed by atoms with Gasteiger partial charge in [-0.15, -0.1) is 0 Å². The van der Waals surface area contributed by atoms with Crippen molar-refractivity contribution in [2.75, 3.05) is 23.3 Å². The topological polar surface area (TPSA) is 58.1 Å². The van der Waals surface area contributed by atoms with Crippen molar-refractivity contribution >= 4 is 29.1 Å². The lowest BCUT2D eigenvalue weighted by Crippen LogP contribution is -2.26. The van der Waals surface area contributed by atoms with Gasteiger partial charge in [0.1, 0.15) is 0 Å². The number of amides is 1. The summed E-state index contributed by atoms with van der Waals surface area (Å²) in [7, 11) is 0. The molecule has 1 aliphatic rings. The lowest BCUT2D eigenvalue weighted by Gasteiger charge is -2.19. The summed E-state index contributed by atoms with van der Waals surface area (Å²) in [6, 6.07) is 6.94. The number of nitrogens with one attached hydrogen (secondary N) is 1. The van der Waals surface area contributed by atoms with Gasteiger partial charge in [-0.25, -0.2) is 9.97 Å². The first-order valence-corrected chi connectivity index (χ1v) is 8.25. The number of anilines is 2. The van der Waals surface area contributed by atoms with Gasteiger partial charge < -0.3 is 10.2 Å². The molecule has 2 aromatic rings. The summed E-state index contributed by atoms with van der Waals surface area (Å²) in [5, 5.41) is 3.20. The molecule has 1 saturated heterocycles.